The van der Waals surface area contributed by atoms with Crippen molar-refractivity contribution >= 4 is 5.91 Å². The van der Waals surface area contributed by atoms with E-state index in [2.05, 4.69) is 5.32 Å². The Labute approximate surface area is 153 Å². The Morgan fingerprint density at radius 1 is 1.00 bits per heavy atom. The van der Waals surface area contributed by atoms with Gasteiger partial charge in [0.05, 0.1) is 13.2 Å². The molecule has 1 N–H and O–H groups in total. The highest BCUT2D eigenvalue weighted by Crippen LogP contribution is 2.32. The van der Waals surface area contributed by atoms with Gasteiger partial charge in [-0.1, -0.05) is 6.07 Å². The van der Waals surface area contributed by atoms with Crippen LogP contribution in [0.3, 0.4) is 0 Å². The zero-order valence-electron chi connectivity index (χ0n) is 15.0. The Balaban J connectivity index is 1.57. The Hall–Kier alpha value is -2.89. The lowest BCUT2D eigenvalue weighted by Crippen LogP contribution is -2.25. The second-order valence-corrected chi connectivity index (χ2v) is 5.72. The molecule has 0 bridgehead atoms. The van der Waals surface area contributed by atoms with E-state index in [1.54, 1.807) is 18.2 Å². The highest BCUT2D eigenvalue weighted by atomic mass is 16.7. The number of carbonyl (C=O) groups is 1. The van der Waals surface area contributed by atoms with Crippen LogP contribution in [0, 0.1) is 0 Å². The van der Waals surface area contributed by atoms with Gasteiger partial charge in [-0.05, 0) is 56.2 Å². The quantitative estimate of drug-likeness (QED) is 0.786. The predicted molar refractivity (Wildman–Crippen MR) is 97.4 cm³/mol. The SMILES string of the molecule is CCOc1ccc(CCNC(=O)c2ccc3c(c2)OCO3)cc1OCC. The third-order valence-electron chi connectivity index (χ3n) is 3.94. The number of ether oxygens (including phenoxy) is 4. The van der Waals surface area contributed by atoms with Crippen molar-refractivity contribution in [2.24, 2.45) is 0 Å². The van der Waals surface area contributed by atoms with Crippen LogP contribution in [0.25, 0.3) is 0 Å². The third kappa shape index (κ3) is 4.20. The summed E-state index contributed by atoms with van der Waals surface area (Å²) in [6, 6.07) is 11.0. The van der Waals surface area contributed by atoms with Gasteiger partial charge in [0.1, 0.15) is 0 Å². The zero-order chi connectivity index (χ0) is 18.4. The highest BCUT2D eigenvalue weighted by molar-refractivity contribution is 5.94. The normalized spacial score (nSPS) is 11.9. The van der Waals surface area contributed by atoms with Crippen molar-refractivity contribution in [1.82, 2.24) is 5.32 Å². The third-order valence-corrected chi connectivity index (χ3v) is 3.94. The maximum absolute atomic E-state index is 12.3. The van der Waals surface area contributed by atoms with E-state index in [4.69, 9.17) is 18.9 Å². The van der Waals surface area contributed by atoms with Crippen LogP contribution in [0.5, 0.6) is 23.0 Å². The first-order valence-electron chi connectivity index (χ1n) is 8.77. The van der Waals surface area contributed by atoms with E-state index in [1.165, 1.54) is 0 Å². The molecule has 0 saturated carbocycles. The number of carbonyl (C=O) groups excluding carboxylic acids is 1. The van der Waals surface area contributed by atoms with Gasteiger partial charge in [-0.25, -0.2) is 0 Å². The molecule has 0 unspecified atom stereocenters. The minimum absolute atomic E-state index is 0.140. The number of hydrogen-bond acceptors (Lipinski definition) is 5. The Kier molecular flexibility index (Phi) is 5.84. The Bertz CT molecular complexity index is 775. The zero-order valence-corrected chi connectivity index (χ0v) is 15.0. The summed E-state index contributed by atoms with van der Waals surface area (Å²) < 4.78 is 21.8. The van der Waals surface area contributed by atoms with Crippen molar-refractivity contribution in [3.8, 4) is 23.0 Å². The van der Waals surface area contributed by atoms with Gasteiger partial charge in [-0.2, -0.15) is 0 Å². The Morgan fingerprint density at radius 2 is 1.77 bits per heavy atom. The smallest absolute Gasteiger partial charge is 0.251 e. The fraction of sp³-hybridized carbons (Fsp3) is 0.350. The summed E-state index contributed by atoms with van der Waals surface area (Å²) >= 11 is 0. The fourth-order valence-corrected chi connectivity index (χ4v) is 2.71. The second-order valence-electron chi connectivity index (χ2n) is 5.72. The van der Waals surface area contributed by atoms with E-state index in [1.807, 2.05) is 32.0 Å². The molecule has 0 fully saturated rings. The van der Waals surface area contributed by atoms with E-state index in [-0.39, 0.29) is 12.7 Å². The number of fused-ring (bicyclic) bond motifs is 1. The maximum atomic E-state index is 12.3. The van der Waals surface area contributed by atoms with Crippen molar-refractivity contribution in [3.05, 3.63) is 47.5 Å². The van der Waals surface area contributed by atoms with Crippen LogP contribution in [-0.2, 0) is 6.42 Å². The molecule has 0 atom stereocenters. The molecular formula is C20H23NO5. The molecule has 0 spiro atoms. The van der Waals surface area contributed by atoms with Crippen LogP contribution in [0.4, 0.5) is 0 Å². The molecule has 1 heterocycles. The molecule has 0 aliphatic carbocycles. The summed E-state index contributed by atoms with van der Waals surface area (Å²) in [7, 11) is 0. The van der Waals surface area contributed by atoms with Gasteiger partial charge in [0.25, 0.3) is 5.91 Å². The number of nitrogens with one attached hydrogen (secondary N) is 1. The molecule has 2 aromatic carbocycles. The van der Waals surface area contributed by atoms with Gasteiger partial charge in [-0.3, -0.25) is 4.79 Å². The van der Waals surface area contributed by atoms with Crippen LogP contribution >= 0.6 is 0 Å². The molecule has 6 heteroatoms. The first-order valence-corrected chi connectivity index (χ1v) is 8.77. The van der Waals surface area contributed by atoms with Gasteiger partial charge in [-0.15, -0.1) is 0 Å². The van der Waals surface area contributed by atoms with Crippen LogP contribution in [-0.4, -0.2) is 32.5 Å². The first-order chi connectivity index (χ1) is 12.7. The fourth-order valence-electron chi connectivity index (χ4n) is 2.71. The van der Waals surface area contributed by atoms with E-state index >= 15 is 0 Å². The lowest BCUT2D eigenvalue weighted by molar-refractivity contribution is 0.0953. The standard InChI is InChI=1S/C20H23NO5/c1-3-23-16-7-5-14(11-18(16)24-4-2)9-10-21-20(22)15-6-8-17-19(12-15)26-13-25-17/h5-8,11-12H,3-4,9-10,13H2,1-2H3,(H,21,22). The summed E-state index contributed by atoms with van der Waals surface area (Å²) in [5.41, 5.74) is 1.62. The largest absolute Gasteiger partial charge is 0.490 e. The van der Waals surface area contributed by atoms with Crippen molar-refractivity contribution in [2.75, 3.05) is 26.6 Å². The van der Waals surface area contributed by atoms with Crippen LogP contribution < -0.4 is 24.3 Å². The first kappa shape index (κ1) is 17.9. The topological polar surface area (TPSA) is 66.0 Å². The van der Waals surface area contributed by atoms with Crippen molar-refractivity contribution < 1.29 is 23.7 Å². The van der Waals surface area contributed by atoms with E-state index in [9.17, 15) is 4.79 Å². The van der Waals surface area contributed by atoms with Gasteiger partial charge >= 0.3 is 0 Å². The molecule has 0 aromatic heterocycles. The number of hydrogen-bond donors (Lipinski definition) is 1. The van der Waals surface area contributed by atoms with Crippen LogP contribution in [0.1, 0.15) is 29.8 Å². The lowest BCUT2D eigenvalue weighted by Gasteiger charge is -2.12. The molecule has 1 aliphatic rings. The molecular weight excluding hydrogens is 334 g/mol. The minimum atomic E-state index is -0.140. The van der Waals surface area contributed by atoms with Gasteiger partial charge < -0.3 is 24.3 Å². The lowest BCUT2D eigenvalue weighted by atomic mass is 10.1. The van der Waals surface area contributed by atoms with Crippen molar-refractivity contribution in [2.45, 2.75) is 20.3 Å². The van der Waals surface area contributed by atoms with Gasteiger partial charge in [0.15, 0.2) is 23.0 Å². The number of benzene rings is 2. The van der Waals surface area contributed by atoms with Crippen LogP contribution in [0.2, 0.25) is 0 Å². The summed E-state index contributed by atoms with van der Waals surface area (Å²) in [6.45, 7) is 5.76. The van der Waals surface area contributed by atoms with E-state index < -0.39 is 0 Å². The minimum Gasteiger partial charge on any atom is -0.490 e. The molecule has 1 amide bonds. The van der Waals surface area contributed by atoms with Crippen molar-refractivity contribution in [1.29, 1.82) is 0 Å². The number of rotatable bonds is 8. The molecule has 1 aliphatic heterocycles. The maximum Gasteiger partial charge on any atom is 0.251 e. The summed E-state index contributed by atoms with van der Waals surface area (Å²) in [5.74, 6) is 2.60. The van der Waals surface area contributed by atoms with E-state index in [0.29, 0.717) is 43.2 Å². The summed E-state index contributed by atoms with van der Waals surface area (Å²) in [4.78, 5) is 12.3. The Morgan fingerprint density at radius 3 is 2.58 bits per heavy atom. The molecule has 0 saturated heterocycles. The predicted octanol–water partition coefficient (Wildman–Crippen LogP) is 3.19. The molecule has 138 valence electrons. The van der Waals surface area contributed by atoms with Gasteiger partial charge in [0, 0.05) is 12.1 Å². The van der Waals surface area contributed by atoms with Crippen LogP contribution in [0.15, 0.2) is 36.4 Å². The molecule has 3 rings (SSSR count). The highest BCUT2D eigenvalue weighted by Gasteiger charge is 2.16. The second kappa shape index (κ2) is 8.47. The van der Waals surface area contributed by atoms with Gasteiger partial charge in [0.2, 0.25) is 6.79 Å². The van der Waals surface area contributed by atoms with E-state index in [0.717, 1.165) is 17.1 Å². The molecule has 6 nitrogen and oxygen atoms in total. The van der Waals surface area contributed by atoms with Crippen molar-refractivity contribution in [3.63, 3.8) is 0 Å². The number of amides is 1. The average molecular weight is 357 g/mol. The molecule has 0 radical (unpaired) electrons. The summed E-state index contributed by atoms with van der Waals surface area (Å²) in [5, 5.41) is 2.92. The molecule has 26 heavy (non-hydrogen) atoms. The monoisotopic (exact) mass is 357 g/mol. The average Bonchev–Trinajstić information content (AvgIpc) is 3.12. The molecule has 2 aromatic rings. The summed E-state index contributed by atoms with van der Waals surface area (Å²) in [6.07, 6.45) is 0.697.